The Morgan fingerprint density at radius 1 is 0.676 bits per heavy atom. The summed E-state index contributed by atoms with van der Waals surface area (Å²) in [5, 5.41) is 0. The zero-order valence-electron chi connectivity index (χ0n) is 20.1. The Morgan fingerprint density at radius 3 is 1.50 bits per heavy atom. The van der Waals surface area contributed by atoms with Crippen LogP contribution in [0.4, 0.5) is 0 Å². The van der Waals surface area contributed by atoms with Crippen LogP contribution in [-0.2, 0) is 4.79 Å². The Morgan fingerprint density at radius 2 is 1.09 bits per heavy atom. The maximum atomic E-state index is 12.2. The number of ketones is 1. The number of imidazole rings is 2. The van der Waals surface area contributed by atoms with E-state index in [1.54, 1.807) is 24.3 Å². The maximum absolute atomic E-state index is 12.2. The van der Waals surface area contributed by atoms with E-state index in [2.05, 4.69) is 49.0 Å². The van der Waals surface area contributed by atoms with Crippen molar-refractivity contribution in [3.05, 3.63) is 96.6 Å². The van der Waals surface area contributed by atoms with Crippen LogP contribution in [0.2, 0.25) is 0 Å². The van der Waals surface area contributed by atoms with E-state index in [0.29, 0.717) is 0 Å². The van der Waals surface area contributed by atoms with Gasteiger partial charge in [0.1, 0.15) is 11.6 Å². The molecule has 0 bridgehead atoms. The number of nitrogens with zero attached hydrogens (tertiary/aromatic N) is 4. The lowest BCUT2D eigenvalue weighted by molar-refractivity contribution is -0.110. The number of allylic oxidation sites excluding steroid dienone is 6. The Bertz CT molecular complexity index is 1320. The molecule has 0 saturated carbocycles. The fraction of sp³-hybridized carbons (Fsp3) is 0.207. The molecule has 0 saturated heterocycles. The molecule has 5 heteroatoms. The van der Waals surface area contributed by atoms with E-state index in [1.165, 1.54) is 0 Å². The molecule has 2 heterocycles. The first-order valence-corrected chi connectivity index (χ1v) is 11.6. The van der Waals surface area contributed by atoms with Crippen LogP contribution in [0.15, 0.2) is 85.0 Å². The number of fused-ring (bicyclic) bond motifs is 2. The van der Waals surface area contributed by atoms with Gasteiger partial charge in [-0.05, 0) is 76.3 Å². The zero-order chi connectivity index (χ0) is 24.1. The molecular formula is C29H30N4O. The molecule has 0 aliphatic carbocycles. The molecule has 0 spiro atoms. The number of benzene rings is 2. The number of rotatable bonds is 8. The molecule has 0 amide bonds. The van der Waals surface area contributed by atoms with E-state index < -0.39 is 0 Å². The number of hydrogen-bond acceptors (Lipinski definition) is 3. The van der Waals surface area contributed by atoms with Gasteiger partial charge in [0.25, 0.3) is 0 Å². The van der Waals surface area contributed by atoms with Crippen molar-refractivity contribution in [3.63, 3.8) is 0 Å². The molecule has 4 aromatic rings. The van der Waals surface area contributed by atoms with Crippen molar-refractivity contribution in [2.24, 2.45) is 0 Å². The lowest BCUT2D eigenvalue weighted by Gasteiger charge is -2.10. The van der Waals surface area contributed by atoms with Crippen LogP contribution in [0.1, 0.15) is 51.4 Å². The summed E-state index contributed by atoms with van der Waals surface area (Å²) < 4.78 is 4.38. The Balaban J connectivity index is 1.42. The standard InChI is InChI=1S/C29H30N4O/c1-21(2)32-26-17-9-7-15-24(26)30-28(32)19-11-5-13-23(34)14-6-12-20-29-31-25-16-8-10-18-27(25)33(29)22(3)4/h5-22H,1-4H3/b13-5+,14-6+,19-11+,20-12+. The molecule has 172 valence electrons. The molecule has 0 aliphatic rings. The Hall–Kier alpha value is -3.99. The second kappa shape index (κ2) is 10.3. The second-order valence-corrected chi connectivity index (χ2v) is 8.68. The molecule has 4 rings (SSSR count). The van der Waals surface area contributed by atoms with E-state index in [9.17, 15) is 4.79 Å². The van der Waals surface area contributed by atoms with Gasteiger partial charge in [0.2, 0.25) is 0 Å². The van der Waals surface area contributed by atoms with Gasteiger partial charge in [-0.15, -0.1) is 0 Å². The highest BCUT2D eigenvalue weighted by Gasteiger charge is 2.11. The molecule has 0 atom stereocenters. The van der Waals surface area contributed by atoms with Crippen molar-refractivity contribution in [1.29, 1.82) is 0 Å². The molecule has 0 radical (unpaired) electrons. The summed E-state index contributed by atoms with van der Waals surface area (Å²) in [5.74, 6) is 1.67. The third-order valence-corrected chi connectivity index (χ3v) is 5.51. The Kier molecular flexibility index (Phi) is 7.02. The van der Waals surface area contributed by atoms with Crippen LogP contribution in [0.3, 0.4) is 0 Å². The molecule has 0 aliphatic heterocycles. The summed E-state index contributed by atoms with van der Waals surface area (Å²) in [5.41, 5.74) is 4.16. The first-order valence-electron chi connectivity index (χ1n) is 11.6. The van der Waals surface area contributed by atoms with Crippen molar-refractivity contribution in [2.45, 2.75) is 39.8 Å². The lowest BCUT2D eigenvalue weighted by atomic mass is 10.3. The number of para-hydroxylation sites is 4. The first kappa shape index (κ1) is 23.2. The van der Waals surface area contributed by atoms with Crippen LogP contribution >= 0.6 is 0 Å². The summed E-state index contributed by atoms with van der Waals surface area (Å²) in [4.78, 5) is 21.6. The molecule has 0 unspecified atom stereocenters. The van der Waals surface area contributed by atoms with E-state index in [1.807, 2.05) is 60.7 Å². The van der Waals surface area contributed by atoms with Crippen LogP contribution in [0.25, 0.3) is 34.2 Å². The van der Waals surface area contributed by atoms with Gasteiger partial charge in [-0.2, -0.15) is 0 Å². The summed E-state index contributed by atoms with van der Waals surface area (Å²) >= 11 is 0. The van der Waals surface area contributed by atoms with Crippen molar-refractivity contribution >= 4 is 40.0 Å². The van der Waals surface area contributed by atoms with Crippen molar-refractivity contribution in [1.82, 2.24) is 19.1 Å². The van der Waals surface area contributed by atoms with Gasteiger partial charge in [0.05, 0.1) is 22.1 Å². The predicted molar refractivity (Wildman–Crippen MR) is 142 cm³/mol. The van der Waals surface area contributed by atoms with E-state index in [-0.39, 0.29) is 17.9 Å². The van der Waals surface area contributed by atoms with Gasteiger partial charge in [0, 0.05) is 12.1 Å². The minimum Gasteiger partial charge on any atom is -0.322 e. The quantitative estimate of drug-likeness (QED) is 0.215. The molecule has 34 heavy (non-hydrogen) atoms. The minimum absolute atomic E-state index is 0.0796. The van der Waals surface area contributed by atoms with Gasteiger partial charge >= 0.3 is 0 Å². The van der Waals surface area contributed by atoms with Gasteiger partial charge in [0.15, 0.2) is 5.78 Å². The summed E-state index contributed by atoms with van der Waals surface area (Å²) in [7, 11) is 0. The zero-order valence-corrected chi connectivity index (χ0v) is 20.1. The molecular weight excluding hydrogens is 420 g/mol. The second-order valence-electron chi connectivity index (χ2n) is 8.68. The molecule has 0 N–H and O–H groups in total. The number of aromatic nitrogens is 4. The first-order chi connectivity index (χ1) is 16.5. The van der Waals surface area contributed by atoms with Gasteiger partial charge in [-0.1, -0.05) is 48.6 Å². The van der Waals surface area contributed by atoms with Gasteiger partial charge in [-0.25, -0.2) is 9.97 Å². The van der Waals surface area contributed by atoms with E-state index >= 15 is 0 Å². The van der Waals surface area contributed by atoms with E-state index in [4.69, 9.17) is 9.97 Å². The van der Waals surface area contributed by atoms with Crippen molar-refractivity contribution < 1.29 is 4.79 Å². The van der Waals surface area contributed by atoms with Crippen LogP contribution in [0, 0.1) is 0 Å². The molecule has 2 aromatic heterocycles. The lowest BCUT2D eigenvalue weighted by Crippen LogP contribution is -2.02. The highest BCUT2D eigenvalue weighted by Crippen LogP contribution is 2.22. The molecule has 2 aromatic carbocycles. The molecule has 5 nitrogen and oxygen atoms in total. The van der Waals surface area contributed by atoms with E-state index in [0.717, 1.165) is 33.7 Å². The third kappa shape index (κ3) is 4.99. The maximum Gasteiger partial charge on any atom is 0.178 e. The van der Waals surface area contributed by atoms with Gasteiger partial charge < -0.3 is 9.13 Å². The number of hydrogen-bond donors (Lipinski definition) is 0. The SMILES string of the molecule is CC(C)n1c(/C=C/C=C/C(=O)/C=C/C=C/c2nc3ccccc3n2C(C)C)nc2ccccc21. The minimum atomic E-state index is -0.0796. The largest absolute Gasteiger partial charge is 0.322 e. The van der Waals surface area contributed by atoms with Crippen molar-refractivity contribution in [3.8, 4) is 0 Å². The summed E-state index contributed by atoms with van der Waals surface area (Å²) in [6, 6.07) is 16.8. The van der Waals surface area contributed by atoms with Gasteiger partial charge in [-0.3, -0.25) is 4.79 Å². The Labute approximate surface area is 200 Å². The highest BCUT2D eigenvalue weighted by molar-refractivity contribution is 5.99. The molecule has 0 fully saturated rings. The number of carbonyl (C=O) groups is 1. The van der Waals surface area contributed by atoms with Crippen LogP contribution in [0.5, 0.6) is 0 Å². The van der Waals surface area contributed by atoms with Crippen LogP contribution in [-0.4, -0.2) is 24.9 Å². The summed E-state index contributed by atoms with van der Waals surface area (Å²) in [6.07, 6.45) is 14.2. The summed E-state index contributed by atoms with van der Waals surface area (Å²) in [6.45, 7) is 8.55. The average Bonchev–Trinajstić information content (AvgIpc) is 3.37. The highest BCUT2D eigenvalue weighted by atomic mass is 16.1. The number of carbonyl (C=O) groups excluding carboxylic acids is 1. The average molecular weight is 451 g/mol. The van der Waals surface area contributed by atoms with Crippen LogP contribution < -0.4 is 0 Å². The smallest absolute Gasteiger partial charge is 0.178 e. The fourth-order valence-corrected chi connectivity index (χ4v) is 4.09. The monoisotopic (exact) mass is 450 g/mol. The van der Waals surface area contributed by atoms with Crippen molar-refractivity contribution in [2.75, 3.05) is 0 Å². The predicted octanol–water partition coefficient (Wildman–Crippen LogP) is 6.96. The normalized spacial score (nSPS) is 12.9. The third-order valence-electron chi connectivity index (χ3n) is 5.51. The fourth-order valence-electron chi connectivity index (χ4n) is 4.09. The topological polar surface area (TPSA) is 52.7 Å².